The normalized spacial score (nSPS) is 12.4. The standard InChI is InChI=1S/C10H18N4O2/c1-8(11)7-10(15)12-9-3-4-14(13-9)5-6-16-2/h3-4,8H,5-7,11H2,1-2H3,(H,12,13,15). The second-order valence-electron chi connectivity index (χ2n) is 3.69. The Kier molecular flexibility index (Phi) is 4.94. The number of nitrogens with two attached hydrogens (primary N) is 1. The highest BCUT2D eigenvalue weighted by molar-refractivity contribution is 5.89. The molecule has 1 amide bonds. The van der Waals surface area contributed by atoms with Gasteiger partial charge in [0.05, 0.1) is 13.2 Å². The molecule has 0 radical (unpaired) electrons. The molecule has 0 saturated heterocycles. The van der Waals surface area contributed by atoms with Gasteiger partial charge in [-0.3, -0.25) is 9.48 Å². The first kappa shape index (κ1) is 12.7. The lowest BCUT2D eigenvalue weighted by Crippen LogP contribution is -2.24. The molecular weight excluding hydrogens is 208 g/mol. The summed E-state index contributed by atoms with van der Waals surface area (Å²) >= 11 is 0. The fourth-order valence-corrected chi connectivity index (χ4v) is 1.22. The Morgan fingerprint density at radius 2 is 2.50 bits per heavy atom. The summed E-state index contributed by atoms with van der Waals surface area (Å²) in [6.45, 7) is 3.05. The SMILES string of the molecule is COCCn1ccc(NC(=O)CC(C)N)n1. The van der Waals surface area contributed by atoms with Crippen LogP contribution in [0.3, 0.4) is 0 Å². The van der Waals surface area contributed by atoms with E-state index in [1.165, 1.54) is 0 Å². The summed E-state index contributed by atoms with van der Waals surface area (Å²) in [6.07, 6.45) is 2.09. The highest BCUT2D eigenvalue weighted by Crippen LogP contribution is 2.03. The quantitative estimate of drug-likeness (QED) is 0.726. The van der Waals surface area contributed by atoms with Crippen LogP contribution in [0.1, 0.15) is 13.3 Å². The Hall–Kier alpha value is -1.40. The number of aromatic nitrogens is 2. The van der Waals surface area contributed by atoms with Crippen LogP contribution in [-0.2, 0) is 16.1 Å². The van der Waals surface area contributed by atoms with Gasteiger partial charge in [0, 0.05) is 31.8 Å². The molecule has 1 aromatic rings. The van der Waals surface area contributed by atoms with Gasteiger partial charge in [-0.15, -0.1) is 0 Å². The van der Waals surface area contributed by atoms with Gasteiger partial charge in [0.1, 0.15) is 0 Å². The molecule has 0 bridgehead atoms. The number of nitrogens with zero attached hydrogens (tertiary/aromatic N) is 2. The first-order valence-electron chi connectivity index (χ1n) is 5.19. The summed E-state index contributed by atoms with van der Waals surface area (Å²) in [5.41, 5.74) is 5.51. The molecule has 1 heterocycles. The average Bonchev–Trinajstić information content (AvgIpc) is 2.61. The minimum atomic E-state index is -0.143. The zero-order valence-electron chi connectivity index (χ0n) is 9.64. The fourth-order valence-electron chi connectivity index (χ4n) is 1.22. The van der Waals surface area contributed by atoms with Gasteiger partial charge in [-0.05, 0) is 6.92 Å². The van der Waals surface area contributed by atoms with Gasteiger partial charge in [0.15, 0.2) is 5.82 Å². The van der Waals surface area contributed by atoms with Crippen molar-refractivity contribution in [1.82, 2.24) is 9.78 Å². The Balaban J connectivity index is 2.42. The molecule has 6 heteroatoms. The van der Waals surface area contributed by atoms with Crippen LogP contribution < -0.4 is 11.1 Å². The highest BCUT2D eigenvalue weighted by atomic mass is 16.5. The van der Waals surface area contributed by atoms with Crippen LogP contribution in [0, 0.1) is 0 Å². The molecular formula is C10H18N4O2. The second-order valence-corrected chi connectivity index (χ2v) is 3.69. The van der Waals surface area contributed by atoms with E-state index < -0.39 is 0 Å². The van der Waals surface area contributed by atoms with Crippen LogP contribution in [0.25, 0.3) is 0 Å². The summed E-state index contributed by atoms with van der Waals surface area (Å²) in [5.74, 6) is 0.425. The Labute approximate surface area is 94.8 Å². The molecule has 0 spiro atoms. The number of hydrogen-bond donors (Lipinski definition) is 2. The van der Waals surface area contributed by atoms with E-state index in [4.69, 9.17) is 10.5 Å². The monoisotopic (exact) mass is 226 g/mol. The van der Waals surface area contributed by atoms with Crippen molar-refractivity contribution in [2.24, 2.45) is 5.73 Å². The highest BCUT2D eigenvalue weighted by Gasteiger charge is 2.07. The third-order valence-corrected chi connectivity index (χ3v) is 1.94. The van der Waals surface area contributed by atoms with Crippen LogP contribution in [0.4, 0.5) is 5.82 Å². The molecule has 3 N–H and O–H groups in total. The summed E-state index contributed by atoms with van der Waals surface area (Å²) in [6, 6.07) is 1.60. The zero-order valence-corrected chi connectivity index (χ0v) is 9.64. The van der Waals surface area contributed by atoms with E-state index in [9.17, 15) is 4.79 Å². The van der Waals surface area contributed by atoms with Gasteiger partial charge in [0.25, 0.3) is 0 Å². The predicted molar refractivity (Wildman–Crippen MR) is 61.0 cm³/mol. The summed E-state index contributed by atoms with van der Waals surface area (Å²) in [5, 5.41) is 6.84. The van der Waals surface area contributed by atoms with E-state index in [-0.39, 0.29) is 11.9 Å². The average molecular weight is 226 g/mol. The van der Waals surface area contributed by atoms with Gasteiger partial charge in [-0.25, -0.2) is 0 Å². The van der Waals surface area contributed by atoms with Crippen molar-refractivity contribution < 1.29 is 9.53 Å². The summed E-state index contributed by atoms with van der Waals surface area (Å²) < 4.78 is 6.64. The van der Waals surface area contributed by atoms with Crippen molar-refractivity contribution in [2.75, 3.05) is 19.0 Å². The summed E-state index contributed by atoms with van der Waals surface area (Å²) in [4.78, 5) is 11.4. The van der Waals surface area contributed by atoms with E-state index >= 15 is 0 Å². The van der Waals surface area contributed by atoms with Crippen LogP contribution >= 0.6 is 0 Å². The lowest BCUT2D eigenvalue weighted by atomic mass is 10.2. The lowest BCUT2D eigenvalue weighted by molar-refractivity contribution is -0.116. The molecule has 16 heavy (non-hydrogen) atoms. The van der Waals surface area contributed by atoms with Crippen LogP contribution in [0.2, 0.25) is 0 Å². The van der Waals surface area contributed by atoms with Gasteiger partial charge in [-0.2, -0.15) is 5.10 Å². The third-order valence-electron chi connectivity index (χ3n) is 1.94. The largest absolute Gasteiger partial charge is 0.383 e. The van der Waals surface area contributed by atoms with E-state index in [2.05, 4.69) is 10.4 Å². The second kappa shape index (κ2) is 6.24. The topological polar surface area (TPSA) is 82.2 Å². The van der Waals surface area contributed by atoms with Crippen molar-refractivity contribution in [3.8, 4) is 0 Å². The maximum Gasteiger partial charge on any atom is 0.227 e. The molecule has 0 saturated carbocycles. The molecule has 0 aliphatic carbocycles. The number of amides is 1. The van der Waals surface area contributed by atoms with Crippen molar-refractivity contribution in [3.05, 3.63) is 12.3 Å². The number of ether oxygens (including phenoxy) is 1. The van der Waals surface area contributed by atoms with Gasteiger partial charge < -0.3 is 15.8 Å². The Morgan fingerprint density at radius 1 is 1.75 bits per heavy atom. The van der Waals surface area contributed by atoms with Crippen molar-refractivity contribution in [3.63, 3.8) is 0 Å². The maximum absolute atomic E-state index is 11.4. The van der Waals surface area contributed by atoms with Crippen LogP contribution in [-0.4, -0.2) is 35.4 Å². The van der Waals surface area contributed by atoms with Crippen LogP contribution in [0.5, 0.6) is 0 Å². The minimum absolute atomic E-state index is 0.119. The van der Waals surface area contributed by atoms with Crippen LogP contribution in [0.15, 0.2) is 12.3 Å². The number of hydrogen-bond acceptors (Lipinski definition) is 4. The molecule has 1 rings (SSSR count). The molecule has 90 valence electrons. The first-order chi connectivity index (χ1) is 7.61. The molecule has 1 atom stereocenters. The van der Waals surface area contributed by atoms with Crippen molar-refractivity contribution >= 4 is 11.7 Å². The number of nitrogens with one attached hydrogen (secondary N) is 1. The first-order valence-corrected chi connectivity index (χ1v) is 5.19. The molecule has 0 fully saturated rings. The Morgan fingerprint density at radius 3 is 3.12 bits per heavy atom. The van der Waals surface area contributed by atoms with Crippen molar-refractivity contribution in [2.45, 2.75) is 25.9 Å². The minimum Gasteiger partial charge on any atom is -0.383 e. The molecule has 0 aliphatic rings. The number of carbonyl (C=O) groups excluding carboxylic acids is 1. The van der Waals surface area contributed by atoms with Gasteiger partial charge in [-0.1, -0.05) is 0 Å². The smallest absolute Gasteiger partial charge is 0.227 e. The number of carbonyl (C=O) groups is 1. The van der Waals surface area contributed by atoms with Gasteiger partial charge in [0.2, 0.25) is 5.91 Å². The molecule has 1 aromatic heterocycles. The number of anilines is 1. The van der Waals surface area contributed by atoms with Gasteiger partial charge >= 0.3 is 0 Å². The summed E-state index contributed by atoms with van der Waals surface area (Å²) in [7, 11) is 1.63. The number of methoxy groups -OCH3 is 1. The molecule has 6 nitrogen and oxygen atoms in total. The zero-order chi connectivity index (χ0) is 12.0. The number of rotatable bonds is 6. The van der Waals surface area contributed by atoms with E-state index in [0.717, 1.165) is 0 Å². The molecule has 1 unspecified atom stereocenters. The lowest BCUT2D eigenvalue weighted by Gasteiger charge is -2.04. The fraction of sp³-hybridized carbons (Fsp3) is 0.600. The predicted octanol–water partition coefficient (Wildman–Crippen LogP) is 0.205. The van der Waals surface area contributed by atoms with E-state index in [1.807, 2.05) is 0 Å². The molecule has 0 aliphatic heterocycles. The molecule has 0 aromatic carbocycles. The van der Waals surface area contributed by atoms with E-state index in [1.54, 1.807) is 31.0 Å². The Bertz CT molecular complexity index is 335. The van der Waals surface area contributed by atoms with Crippen molar-refractivity contribution in [1.29, 1.82) is 0 Å². The maximum atomic E-state index is 11.4. The van der Waals surface area contributed by atoms with E-state index in [0.29, 0.717) is 25.4 Å². The third kappa shape index (κ3) is 4.41.